The maximum atomic E-state index is 5.53. The van der Waals surface area contributed by atoms with Gasteiger partial charge in [-0.15, -0.1) is 0 Å². The first kappa shape index (κ1) is 14.5. The minimum absolute atomic E-state index is 0.995. The van der Waals surface area contributed by atoms with Crippen LogP contribution in [0.15, 0.2) is 33.1 Å². The third kappa shape index (κ3) is 2.13. The lowest BCUT2D eigenvalue weighted by Crippen LogP contribution is -1.91. The molecule has 1 aromatic rings. The smallest absolute Gasteiger partial charge is 0.0770 e. The van der Waals surface area contributed by atoms with Gasteiger partial charge in [0.05, 0.1) is 8.39 Å². The zero-order valence-corrected chi connectivity index (χ0v) is 15.1. The van der Waals surface area contributed by atoms with Crippen molar-refractivity contribution in [1.29, 1.82) is 0 Å². The number of fused-ring (bicyclic) bond motifs is 2. The summed E-state index contributed by atoms with van der Waals surface area (Å²) in [5.74, 6) is 0. The highest BCUT2D eigenvalue weighted by molar-refractivity contribution is 8.25. The van der Waals surface area contributed by atoms with Crippen molar-refractivity contribution in [2.24, 2.45) is 0 Å². The normalized spacial score (nSPS) is 16.6. The van der Waals surface area contributed by atoms with Crippen molar-refractivity contribution in [3.8, 4) is 0 Å². The predicted molar refractivity (Wildman–Crippen MR) is 99.9 cm³/mol. The van der Waals surface area contributed by atoms with Crippen molar-refractivity contribution < 1.29 is 0 Å². The van der Waals surface area contributed by atoms with E-state index in [1.807, 2.05) is 0 Å². The van der Waals surface area contributed by atoms with Gasteiger partial charge >= 0.3 is 0 Å². The maximum absolute atomic E-state index is 5.53. The molecule has 0 radical (unpaired) electrons. The summed E-state index contributed by atoms with van der Waals surface area (Å²) < 4.78 is 1.99. The highest BCUT2D eigenvalue weighted by atomic mass is 32.2. The van der Waals surface area contributed by atoms with Gasteiger partial charge in [0.2, 0.25) is 0 Å². The van der Waals surface area contributed by atoms with Crippen LogP contribution in [0.4, 0.5) is 0 Å². The van der Waals surface area contributed by atoms with Crippen LogP contribution in [-0.2, 0) is 0 Å². The van der Waals surface area contributed by atoms with Crippen LogP contribution in [0.1, 0.15) is 38.8 Å². The average Bonchev–Trinajstić information content (AvgIpc) is 2.79. The van der Waals surface area contributed by atoms with Crippen molar-refractivity contribution >= 4 is 67.5 Å². The van der Waals surface area contributed by atoms with Crippen molar-refractivity contribution in [1.82, 2.24) is 0 Å². The lowest BCUT2D eigenvalue weighted by Gasteiger charge is -2.06. The Bertz CT molecular complexity index is 663. The van der Waals surface area contributed by atoms with E-state index in [2.05, 4.69) is 39.8 Å². The van der Waals surface area contributed by atoms with Crippen LogP contribution in [-0.4, -0.2) is 8.39 Å². The second-order valence-electron chi connectivity index (χ2n) is 5.37. The summed E-state index contributed by atoms with van der Waals surface area (Å²) in [5.41, 5.74) is 7.61. The number of benzene rings is 1. The molecule has 2 heterocycles. The first-order valence-corrected chi connectivity index (χ1v) is 8.83. The number of rotatable bonds is 0. The zero-order chi connectivity index (χ0) is 14.6. The van der Waals surface area contributed by atoms with Gasteiger partial charge in [-0.3, -0.25) is 0 Å². The quantitative estimate of drug-likeness (QED) is 0.412. The Labute approximate surface area is 139 Å². The van der Waals surface area contributed by atoms with Crippen molar-refractivity contribution in [2.75, 3.05) is 0 Å². The van der Waals surface area contributed by atoms with Crippen LogP contribution in [0.5, 0.6) is 0 Å². The summed E-state index contributed by atoms with van der Waals surface area (Å²) in [6, 6.07) is 4.54. The number of thioether (sulfide) groups is 2. The molecule has 0 saturated carbocycles. The van der Waals surface area contributed by atoms with E-state index in [-0.39, 0.29) is 0 Å². The van der Waals surface area contributed by atoms with Gasteiger partial charge in [0.1, 0.15) is 0 Å². The molecule has 0 saturated heterocycles. The van der Waals surface area contributed by atoms with Crippen LogP contribution in [0, 0.1) is 0 Å². The van der Waals surface area contributed by atoms with Crippen molar-refractivity contribution in [2.45, 2.75) is 37.5 Å². The average molecular weight is 335 g/mol. The lowest BCUT2D eigenvalue weighted by atomic mass is 9.98. The molecule has 2 aliphatic rings. The fourth-order valence-electron chi connectivity index (χ4n) is 2.59. The largest absolute Gasteiger partial charge is 0.0831 e. The van der Waals surface area contributed by atoms with Gasteiger partial charge < -0.3 is 0 Å². The van der Waals surface area contributed by atoms with E-state index in [1.165, 1.54) is 43.2 Å². The zero-order valence-electron chi connectivity index (χ0n) is 11.8. The Morgan fingerprint density at radius 1 is 0.750 bits per heavy atom. The molecule has 0 nitrogen and oxygen atoms in total. The van der Waals surface area contributed by atoms with E-state index < -0.39 is 0 Å². The molecule has 0 aromatic heterocycles. The molecule has 1 aromatic carbocycles. The molecule has 102 valence electrons. The number of allylic oxidation sites excluding steroid dienone is 2. The number of thiocarbonyl (C=S) groups is 2. The summed E-state index contributed by atoms with van der Waals surface area (Å²) in [5, 5.41) is 0. The second kappa shape index (κ2) is 5.09. The Morgan fingerprint density at radius 3 is 1.40 bits per heavy atom. The predicted octanol–water partition coefficient (Wildman–Crippen LogP) is 6.14. The molecule has 0 fully saturated rings. The minimum atomic E-state index is 0.995. The van der Waals surface area contributed by atoms with E-state index in [4.69, 9.17) is 24.4 Å². The Morgan fingerprint density at radius 2 is 1.10 bits per heavy atom. The molecular formula is C16H14S4. The third-order valence-corrected chi connectivity index (χ3v) is 6.24. The molecule has 0 spiro atoms. The first-order chi connectivity index (χ1) is 9.40. The monoisotopic (exact) mass is 334 g/mol. The fourth-order valence-corrected chi connectivity index (χ4v) is 5.88. The highest BCUT2D eigenvalue weighted by Crippen LogP contribution is 2.50. The Hall–Kier alpha value is -0.420. The molecule has 0 atom stereocenters. The maximum Gasteiger partial charge on any atom is 0.0831 e. The number of hydrogen-bond donors (Lipinski definition) is 0. The Kier molecular flexibility index (Phi) is 3.70. The number of hydrogen-bond acceptors (Lipinski definition) is 4. The van der Waals surface area contributed by atoms with Crippen LogP contribution >= 0.6 is 48.0 Å². The topological polar surface area (TPSA) is 0 Å². The van der Waals surface area contributed by atoms with E-state index in [1.54, 1.807) is 23.5 Å². The van der Waals surface area contributed by atoms with Gasteiger partial charge in [-0.25, -0.2) is 0 Å². The molecule has 0 unspecified atom stereocenters. The fraction of sp³-hybridized carbons (Fsp3) is 0.250. The van der Waals surface area contributed by atoms with Crippen LogP contribution in [0.2, 0.25) is 0 Å². The summed E-state index contributed by atoms with van der Waals surface area (Å²) in [7, 11) is 0. The van der Waals surface area contributed by atoms with Gasteiger partial charge in [-0.2, -0.15) is 0 Å². The summed E-state index contributed by atoms with van der Waals surface area (Å²) in [4.78, 5) is 2.54. The highest BCUT2D eigenvalue weighted by Gasteiger charge is 2.30. The van der Waals surface area contributed by atoms with Gasteiger partial charge in [0.15, 0.2) is 0 Å². The molecule has 20 heavy (non-hydrogen) atoms. The third-order valence-electron chi connectivity index (χ3n) is 3.43. The van der Waals surface area contributed by atoms with Crippen LogP contribution in [0.25, 0.3) is 11.1 Å². The van der Waals surface area contributed by atoms with Gasteiger partial charge in [0, 0.05) is 20.9 Å². The molecule has 2 aliphatic heterocycles. The summed E-state index contributed by atoms with van der Waals surface area (Å²) >= 11 is 14.5. The minimum Gasteiger partial charge on any atom is -0.0770 e. The van der Waals surface area contributed by atoms with Crippen LogP contribution < -0.4 is 0 Å². The molecule has 0 aliphatic carbocycles. The summed E-state index contributed by atoms with van der Waals surface area (Å²) in [6.45, 7) is 8.52. The van der Waals surface area contributed by atoms with E-state index in [9.17, 15) is 0 Å². The molecule has 0 bridgehead atoms. The standard InChI is InChI=1S/C16H14S4/c1-7(2)13-9-5-12-10(6-11(9)19-15(13)17)14(8(3)4)16(18)20-12/h5-6H,1-4H3. The SMILES string of the molecule is CC(C)=C1C(=S)Sc2cc3c(cc21)SC(=S)C3=C(C)C. The van der Waals surface area contributed by atoms with Crippen molar-refractivity contribution in [3.05, 3.63) is 34.4 Å². The van der Waals surface area contributed by atoms with E-state index in [0.717, 1.165) is 8.39 Å². The molecule has 3 rings (SSSR count). The molecular weight excluding hydrogens is 320 g/mol. The second-order valence-corrected chi connectivity index (χ2v) is 8.81. The lowest BCUT2D eigenvalue weighted by molar-refractivity contribution is 1.28. The molecule has 4 heteroatoms. The van der Waals surface area contributed by atoms with Crippen LogP contribution in [0.3, 0.4) is 0 Å². The van der Waals surface area contributed by atoms with E-state index in [0.29, 0.717) is 0 Å². The molecule has 0 amide bonds. The van der Waals surface area contributed by atoms with Crippen molar-refractivity contribution in [3.63, 3.8) is 0 Å². The van der Waals surface area contributed by atoms with Gasteiger partial charge in [-0.05, 0) is 51.0 Å². The summed E-state index contributed by atoms with van der Waals surface area (Å²) in [6.07, 6.45) is 0. The van der Waals surface area contributed by atoms with E-state index >= 15 is 0 Å². The first-order valence-electron chi connectivity index (χ1n) is 6.38. The molecule has 0 N–H and O–H groups in total. The van der Waals surface area contributed by atoms with Gasteiger partial charge in [0.25, 0.3) is 0 Å². The Balaban J connectivity index is 2.26. The van der Waals surface area contributed by atoms with Gasteiger partial charge in [-0.1, -0.05) is 59.1 Å².